The van der Waals surface area contributed by atoms with Crippen LogP contribution in [0, 0.1) is 6.92 Å². The smallest absolute Gasteiger partial charge is 0.270 e. The molecule has 0 spiro atoms. The molecule has 1 amide bonds. The lowest BCUT2D eigenvalue weighted by Gasteiger charge is -2.06. The van der Waals surface area contributed by atoms with Gasteiger partial charge in [0.2, 0.25) is 0 Å². The van der Waals surface area contributed by atoms with Gasteiger partial charge in [-0.2, -0.15) is 4.80 Å². The molecule has 0 unspecified atom stereocenters. The zero-order valence-electron chi connectivity index (χ0n) is 11.8. The van der Waals surface area contributed by atoms with Crippen LogP contribution in [-0.2, 0) is 11.3 Å². The summed E-state index contributed by atoms with van der Waals surface area (Å²) in [5.74, 6) is 0.401. The summed E-state index contributed by atoms with van der Waals surface area (Å²) in [7, 11) is 0. The van der Waals surface area contributed by atoms with E-state index in [2.05, 4.69) is 20.7 Å². The molecule has 8 heteroatoms. The molecule has 2 aromatic rings. The van der Waals surface area contributed by atoms with Crippen molar-refractivity contribution in [2.45, 2.75) is 26.8 Å². The third-order valence-corrected chi connectivity index (χ3v) is 3.05. The maximum absolute atomic E-state index is 11.7. The number of carbonyl (C=O) groups excluding carboxylic acids is 1. The summed E-state index contributed by atoms with van der Waals surface area (Å²) in [5, 5.41) is 14.7. The number of ether oxygens (including phenoxy) is 1. The number of nitrogens with one attached hydrogen (secondary N) is 1. The zero-order chi connectivity index (χ0) is 15.2. The molecule has 0 radical (unpaired) electrons. The second kappa shape index (κ2) is 7.03. The highest BCUT2D eigenvalue weighted by molar-refractivity contribution is 6.31. The molecule has 1 heterocycles. The predicted molar refractivity (Wildman–Crippen MR) is 78.4 cm³/mol. The summed E-state index contributed by atoms with van der Waals surface area (Å²) < 4.78 is 5.38. The molecule has 2 rings (SSSR count). The number of hydrogen-bond acceptors (Lipinski definition) is 5. The number of halogens is 1. The Hall–Kier alpha value is -2.15. The number of hydrogen-bond donors (Lipinski definition) is 1. The van der Waals surface area contributed by atoms with Crippen LogP contribution in [0.1, 0.15) is 18.9 Å². The molecule has 1 aromatic carbocycles. The van der Waals surface area contributed by atoms with Crippen LogP contribution in [0.3, 0.4) is 0 Å². The van der Waals surface area contributed by atoms with Crippen LogP contribution < -0.4 is 10.1 Å². The second-order valence-corrected chi connectivity index (χ2v) is 4.86. The minimum absolute atomic E-state index is 0.136. The van der Waals surface area contributed by atoms with E-state index < -0.39 is 0 Å². The highest BCUT2D eigenvalue weighted by Gasteiger charge is 2.08. The number of nitrogens with zero attached hydrogens (tertiary/aromatic N) is 4. The first-order valence-electron chi connectivity index (χ1n) is 6.55. The summed E-state index contributed by atoms with van der Waals surface area (Å²) in [6.07, 6.45) is 0.892. The van der Waals surface area contributed by atoms with Gasteiger partial charge >= 0.3 is 0 Å². The second-order valence-electron chi connectivity index (χ2n) is 4.46. The van der Waals surface area contributed by atoms with Crippen LogP contribution in [0.25, 0.3) is 0 Å². The molecular weight excluding hydrogens is 294 g/mol. The fraction of sp³-hybridized carbons (Fsp3) is 0.385. The Bertz CT molecular complexity index is 629. The zero-order valence-corrected chi connectivity index (χ0v) is 12.6. The van der Waals surface area contributed by atoms with Crippen molar-refractivity contribution in [3.8, 4) is 5.75 Å². The average molecular weight is 310 g/mol. The number of amides is 1. The van der Waals surface area contributed by atoms with Crippen LogP contribution >= 0.6 is 11.6 Å². The summed E-state index contributed by atoms with van der Waals surface area (Å²) in [6.45, 7) is 4.39. The van der Waals surface area contributed by atoms with Crippen molar-refractivity contribution in [3.05, 3.63) is 28.8 Å². The quantitative estimate of drug-likeness (QED) is 0.883. The Morgan fingerprint density at radius 2 is 2.29 bits per heavy atom. The monoisotopic (exact) mass is 309 g/mol. The highest BCUT2D eigenvalue weighted by atomic mass is 35.5. The van der Waals surface area contributed by atoms with Gasteiger partial charge in [0, 0.05) is 5.02 Å². The molecule has 0 aliphatic carbocycles. The highest BCUT2D eigenvalue weighted by Crippen LogP contribution is 2.20. The molecule has 0 atom stereocenters. The molecule has 1 N–H and O–H groups in total. The Morgan fingerprint density at radius 1 is 1.48 bits per heavy atom. The molecular formula is C13H16ClN5O2. The van der Waals surface area contributed by atoms with E-state index in [0.717, 1.165) is 12.0 Å². The predicted octanol–water partition coefficient (Wildman–Crippen LogP) is 2.06. The van der Waals surface area contributed by atoms with E-state index in [1.165, 1.54) is 4.80 Å². The summed E-state index contributed by atoms with van der Waals surface area (Å²) in [5.41, 5.74) is 0.888. The lowest BCUT2D eigenvalue weighted by atomic mass is 10.2. The van der Waals surface area contributed by atoms with Gasteiger partial charge in [0.15, 0.2) is 6.61 Å². The first-order valence-corrected chi connectivity index (χ1v) is 6.93. The van der Waals surface area contributed by atoms with Crippen LogP contribution in [0.2, 0.25) is 5.02 Å². The summed E-state index contributed by atoms with van der Waals surface area (Å²) >= 11 is 5.92. The van der Waals surface area contributed by atoms with Crippen molar-refractivity contribution >= 4 is 23.5 Å². The minimum Gasteiger partial charge on any atom is -0.484 e. The molecule has 0 fully saturated rings. The van der Waals surface area contributed by atoms with E-state index >= 15 is 0 Å². The molecule has 112 valence electrons. The molecule has 0 aliphatic rings. The number of benzene rings is 1. The maximum atomic E-state index is 11.7. The van der Waals surface area contributed by atoms with Gasteiger partial charge in [0.1, 0.15) is 5.75 Å². The van der Waals surface area contributed by atoms with Crippen molar-refractivity contribution in [3.63, 3.8) is 0 Å². The molecule has 0 saturated heterocycles. The SMILES string of the molecule is CCCn1nnc(NC(=O)COc2ccc(Cl)c(C)c2)n1. The number of anilines is 1. The third-order valence-electron chi connectivity index (χ3n) is 2.63. The van der Waals surface area contributed by atoms with Gasteiger partial charge in [-0.3, -0.25) is 10.1 Å². The van der Waals surface area contributed by atoms with Crippen LogP contribution in [-0.4, -0.2) is 32.7 Å². The molecule has 0 aliphatic heterocycles. The van der Waals surface area contributed by atoms with Crippen molar-refractivity contribution in [2.24, 2.45) is 0 Å². The lowest BCUT2D eigenvalue weighted by molar-refractivity contribution is -0.118. The van der Waals surface area contributed by atoms with Crippen molar-refractivity contribution in [2.75, 3.05) is 11.9 Å². The minimum atomic E-state index is -0.348. The van der Waals surface area contributed by atoms with E-state index in [1.54, 1.807) is 18.2 Å². The number of aryl methyl sites for hydroxylation is 2. The molecule has 0 bridgehead atoms. The van der Waals surface area contributed by atoms with E-state index in [0.29, 0.717) is 17.3 Å². The van der Waals surface area contributed by atoms with Gasteiger partial charge in [-0.25, -0.2) is 0 Å². The van der Waals surface area contributed by atoms with E-state index in [9.17, 15) is 4.79 Å². The largest absolute Gasteiger partial charge is 0.484 e. The van der Waals surface area contributed by atoms with Gasteiger partial charge < -0.3 is 4.74 Å². The Kier molecular flexibility index (Phi) is 5.10. The van der Waals surface area contributed by atoms with Gasteiger partial charge in [0.25, 0.3) is 11.9 Å². The molecule has 21 heavy (non-hydrogen) atoms. The lowest BCUT2D eigenvalue weighted by Crippen LogP contribution is -2.21. The summed E-state index contributed by atoms with van der Waals surface area (Å²) in [6, 6.07) is 5.20. The van der Waals surface area contributed by atoms with Crippen molar-refractivity contribution in [1.82, 2.24) is 20.2 Å². The number of rotatable bonds is 6. The van der Waals surface area contributed by atoms with E-state index in [-0.39, 0.29) is 18.5 Å². The number of aromatic nitrogens is 4. The standard InChI is InChI=1S/C13H16ClN5O2/c1-3-6-19-17-13(16-18-19)15-12(20)8-21-10-4-5-11(14)9(2)7-10/h4-5,7H,3,6,8H2,1-2H3,(H,15,17,20). The normalized spacial score (nSPS) is 10.4. The number of carbonyl (C=O) groups is 1. The molecule has 0 saturated carbocycles. The van der Waals surface area contributed by atoms with Gasteiger partial charge in [-0.1, -0.05) is 23.6 Å². The first kappa shape index (κ1) is 15.2. The molecule has 1 aromatic heterocycles. The fourth-order valence-corrected chi connectivity index (χ4v) is 1.72. The Labute approximate surface area is 127 Å². The maximum Gasteiger partial charge on any atom is 0.270 e. The van der Waals surface area contributed by atoms with Crippen LogP contribution in [0.5, 0.6) is 5.75 Å². The fourth-order valence-electron chi connectivity index (χ4n) is 1.60. The van der Waals surface area contributed by atoms with Crippen LogP contribution in [0.4, 0.5) is 5.95 Å². The summed E-state index contributed by atoms with van der Waals surface area (Å²) in [4.78, 5) is 13.2. The number of tetrazole rings is 1. The first-order chi connectivity index (χ1) is 10.1. The topological polar surface area (TPSA) is 81.9 Å². The van der Waals surface area contributed by atoms with Gasteiger partial charge in [-0.15, -0.1) is 5.10 Å². The van der Waals surface area contributed by atoms with Crippen molar-refractivity contribution < 1.29 is 9.53 Å². The Morgan fingerprint density at radius 3 is 3.00 bits per heavy atom. The average Bonchev–Trinajstić information content (AvgIpc) is 2.88. The molecule has 7 nitrogen and oxygen atoms in total. The third kappa shape index (κ3) is 4.42. The van der Waals surface area contributed by atoms with Crippen LogP contribution in [0.15, 0.2) is 18.2 Å². The van der Waals surface area contributed by atoms with Gasteiger partial charge in [-0.05, 0) is 42.3 Å². The van der Waals surface area contributed by atoms with E-state index in [1.807, 2.05) is 13.8 Å². The van der Waals surface area contributed by atoms with Gasteiger partial charge in [0.05, 0.1) is 6.54 Å². The van der Waals surface area contributed by atoms with E-state index in [4.69, 9.17) is 16.3 Å². The Balaban J connectivity index is 1.85. The van der Waals surface area contributed by atoms with Crippen molar-refractivity contribution in [1.29, 1.82) is 0 Å².